The Bertz CT molecular complexity index is 887. The van der Waals surface area contributed by atoms with Gasteiger partial charge in [0, 0.05) is 45.4 Å². The lowest BCUT2D eigenvalue weighted by Gasteiger charge is -2.43. The van der Waals surface area contributed by atoms with Crippen molar-refractivity contribution in [2.75, 3.05) is 19.0 Å². The fourth-order valence-corrected chi connectivity index (χ4v) is 4.15. The molecule has 1 aliphatic rings. The second-order valence-corrected chi connectivity index (χ2v) is 9.17. The van der Waals surface area contributed by atoms with Gasteiger partial charge in [0.15, 0.2) is 18.0 Å². The lowest BCUT2D eigenvalue weighted by atomic mass is 9.98. The summed E-state index contributed by atoms with van der Waals surface area (Å²) >= 11 is 6.19. The van der Waals surface area contributed by atoms with Gasteiger partial charge in [0.1, 0.15) is 12.7 Å². The minimum atomic E-state index is -1.44. The summed E-state index contributed by atoms with van der Waals surface area (Å²) in [5, 5.41) is 0. The van der Waals surface area contributed by atoms with E-state index in [1.807, 2.05) is 0 Å². The Labute approximate surface area is 224 Å². The smallest absolute Gasteiger partial charge is 0.303 e. The molecule has 0 saturated carbocycles. The van der Waals surface area contributed by atoms with Crippen molar-refractivity contribution in [3.63, 3.8) is 0 Å². The van der Waals surface area contributed by atoms with Gasteiger partial charge in [0.25, 0.3) is 0 Å². The minimum Gasteiger partial charge on any atom is -0.479 e. The number of hydrogen-bond acceptors (Lipinski definition) is 14. The molecule has 1 saturated heterocycles. The van der Waals surface area contributed by atoms with Crippen LogP contribution < -0.4 is 0 Å². The second kappa shape index (κ2) is 16.2. The molecular weight excluding hydrogens is 532 g/mol. The van der Waals surface area contributed by atoms with Crippen LogP contribution in [0.5, 0.6) is 0 Å². The van der Waals surface area contributed by atoms with Crippen LogP contribution in [0, 0.1) is 0 Å². The number of esters is 4. The van der Waals surface area contributed by atoms with Gasteiger partial charge in [-0.05, 0) is 19.1 Å². The summed E-state index contributed by atoms with van der Waals surface area (Å²) in [6, 6.07) is 0. The molecule has 1 fully saturated rings. The molecule has 0 radical (unpaired) electrons. The van der Waals surface area contributed by atoms with Gasteiger partial charge in [-0.25, -0.2) is 0 Å². The van der Waals surface area contributed by atoms with E-state index in [1.165, 1.54) is 6.92 Å². The summed E-state index contributed by atoms with van der Waals surface area (Å²) in [5.74, 6) is -3.08. The van der Waals surface area contributed by atoms with Crippen LogP contribution in [0.3, 0.4) is 0 Å². The number of ketones is 1. The van der Waals surface area contributed by atoms with Crippen molar-refractivity contribution in [2.24, 2.45) is 0 Å². The highest BCUT2D eigenvalue weighted by molar-refractivity contribution is 8.22. The Morgan fingerprint density at radius 2 is 1.41 bits per heavy atom. The molecule has 1 rings (SSSR count). The van der Waals surface area contributed by atoms with Crippen molar-refractivity contribution in [3.05, 3.63) is 11.8 Å². The molecule has 208 valence electrons. The largest absolute Gasteiger partial charge is 0.479 e. The zero-order chi connectivity index (χ0) is 28.1. The van der Waals surface area contributed by atoms with Gasteiger partial charge in [-0.3, -0.25) is 24.0 Å². The highest BCUT2D eigenvalue weighted by Crippen LogP contribution is 2.30. The van der Waals surface area contributed by atoms with E-state index in [1.54, 1.807) is 13.8 Å². The number of thiocarbonyl (C=S) groups is 1. The molecule has 0 unspecified atom stereocenters. The predicted octanol–water partition coefficient (Wildman–Crippen LogP) is 2.00. The lowest BCUT2D eigenvalue weighted by Crippen LogP contribution is -2.62. The Balaban J connectivity index is 3.39. The van der Waals surface area contributed by atoms with Gasteiger partial charge in [0.05, 0.1) is 12.9 Å². The SMILES string of the molecule is CCOC(=S)SC/C(=C\O[C@@H]1O[C@H](COC(C)=O)[C@@H](OC(C)=O)[C@H](OC(C)=O)[C@H]1OC(C)=O)C(=O)CC. The van der Waals surface area contributed by atoms with E-state index in [4.69, 9.17) is 45.4 Å². The van der Waals surface area contributed by atoms with Crippen molar-refractivity contribution in [3.8, 4) is 0 Å². The Kier molecular flexibility index (Phi) is 14.1. The maximum atomic E-state index is 12.5. The van der Waals surface area contributed by atoms with Crippen LogP contribution in [0.15, 0.2) is 11.8 Å². The molecule has 5 atom stereocenters. The van der Waals surface area contributed by atoms with Crippen LogP contribution in [0.2, 0.25) is 0 Å². The highest BCUT2D eigenvalue weighted by atomic mass is 32.2. The van der Waals surface area contributed by atoms with Gasteiger partial charge in [-0.15, -0.1) is 0 Å². The zero-order valence-corrected chi connectivity index (χ0v) is 23.1. The number of ether oxygens (including phenoxy) is 7. The van der Waals surface area contributed by atoms with Crippen molar-refractivity contribution in [1.29, 1.82) is 0 Å². The molecule has 0 bridgehead atoms. The van der Waals surface area contributed by atoms with Gasteiger partial charge >= 0.3 is 23.9 Å². The normalized spacial score (nSPS) is 23.3. The van der Waals surface area contributed by atoms with E-state index in [2.05, 4.69) is 0 Å². The Morgan fingerprint density at radius 3 is 1.92 bits per heavy atom. The van der Waals surface area contributed by atoms with Crippen LogP contribution >= 0.6 is 24.0 Å². The van der Waals surface area contributed by atoms with Crippen LogP contribution in [0.4, 0.5) is 0 Å². The first-order valence-electron chi connectivity index (χ1n) is 11.4. The molecule has 12 nitrogen and oxygen atoms in total. The number of rotatable bonds is 12. The van der Waals surface area contributed by atoms with Crippen molar-refractivity contribution in [2.45, 2.75) is 78.7 Å². The summed E-state index contributed by atoms with van der Waals surface area (Å²) in [5.41, 5.74) is 0.224. The number of carbonyl (C=O) groups is 5. The van der Waals surface area contributed by atoms with Crippen LogP contribution in [0.25, 0.3) is 0 Å². The average Bonchev–Trinajstić information content (AvgIpc) is 2.80. The molecule has 0 aromatic rings. The van der Waals surface area contributed by atoms with Gasteiger partial charge < -0.3 is 33.2 Å². The van der Waals surface area contributed by atoms with Crippen LogP contribution in [-0.4, -0.2) is 83.7 Å². The highest BCUT2D eigenvalue weighted by Gasteiger charge is 2.53. The summed E-state index contributed by atoms with van der Waals surface area (Å²) < 4.78 is 38.0. The third-order valence-electron chi connectivity index (χ3n) is 4.58. The monoisotopic (exact) mass is 564 g/mol. The fourth-order valence-electron chi connectivity index (χ4n) is 3.15. The molecule has 14 heteroatoms. The number of Topliss-reactive ketones (excluding diaryl/α,β-unsaturated/α-hetero) is 1. The molecule has 0 spiro atoms. The summed E-state index contributed by atoms with van der Waals surface area (Å²) in [7, 11) is 0. The molecule has 0 amide bonds. The van der Waals surface area contributed by atoms with E-state index in [0.29, 0.717) is 6.61 Å². The van der Waals surface area contributed by atoms with Gasteiger partial charge in [-0.1, -0.05) is 18.7 Å². The minimum absolute atomic E-state index is 0.122. The van der Waals surface area contributed by atoms with Gasteiger partial charge in [0.2, 0.25) is 16.8 Å². The number of hydrogen-bond donors (Lipinski definition) is 0. The third kappa shape index (κ3) is 11.5. The van der Waals surface area contributed by atoms with Crippen molar-refractivity contribution < 1.29 is 57.1 Å². The maximum Gasteiger partial charge on any atom is 0.303 e. The lowest BCUT2D eigenvalue weighted by molar-refractivity contribution is -0.297. The predicted molar refractivity (Wildman–Crippen MR) is 133 cm³/mol. The van der Waals surface area contributed by atoms with Crippen LogP contribution in [-0.2, 0) is 57.1 Å². The Morgan fingerprint density at radius 1 is 0.838 bits per heavy atom. The molecule has 0 N–H and O–H groups in total. The molecular formula is C23H32O12S2. The summed E-state index contributed by atoms with van der Waals surface area (Å²) in [4.78, 5) is 59.5. The average molecular weight is 565 g/mol. The van der Waals surface area contributed by atoms with E-state index in [-0.39, 0.29) is 27.9 Å². The first kappa shape index (κ1) is 32.3. The zero-order valence-electron chi connectivity index (χ0n) is 21.5. The van der Waals surface area contributed by atoms with E-state index in [0.717, 1.165) is 38.8 Å². The summed E-state index contributed by atoms with van der Waals surface area (Å²) in [6.07, 6.45) is -5.43. The summed E-state index contributed by atoms with van der Waals surface area (Å²) in [6.45, 7) is 7.91. The molecule has 1 aliphatic heterocycles. The quantitative estimate of drug-likeness (QED) is 0.112. The first-order chi connectivity index (χ1) is 17.4. The van der Waals surface area contributed by atoms with E-state index >= 15 is 0 Å². The molecule has 0 aliphatic carbocycles. The second-order valence-electron chi connectivity index (χ2n) is 7.60. The number of carbonyl (C=O) groups excluding carboxylic acids is 5. The fraction of sp³-hybridized carbons (Fsp3) is 0.652. The van der Waals surface area contributed by atoms with Gasteiger partial charge in [-0.2, -0.15) is 0 Å². The maximum absolute atomic E-state index is 12.5. The Hall–Kier alpha value is -2.71. The van der Waals surface area contributed by atoms with E-state index in [9.17, 15) is 24.0 Å². The molecule has 0 aromatic heterocycles. The molecule has 1 heterocycles. The standard InChI is InChI=1S/C23H32O12S2/c1-7-17(28)16(11-37-23(36)29-8-2)9-31-22-21(34-15(6)27)20(33-14(5)26)19(32-13(4)25)18(35-22)10-30-12(3)24/h9,18-22H,7-8,10-11H2,1-6H3/b16-9+/t18-,19-,20+,21-,22-/m1/s1. The first-order valence-corrected chi connectivity index (χ1v) is 12.8. The third-order valence-corrected chi connectivity index (χ3v) is 5.86. The van der Waals surface area contributed by atoms with Crippen molar-refractivity contribution >= 4 is 58.0 Å². The number of thioether (sulfide) groups is 1. The van der Waals surface area contributed by atoms with E-state index < -0.39 is 61.2 Å². The van der Waals surface area contributed by atoms with Crippen molar-refractivity contribution in [1.82, 2.24) is 0 Å². The molecule has 37 heavy (non-hydrogen) atoms. The topological polar surface area (TPSA) is 150 Å². The molecule has 0 aromatic carbocycles. The van der Waals surface area contributed by atoms with Crippen LogP contribution in [0.1, 0.15) is 48.0 Å².